The van der Waals surface area contributed by atoms with Gasteiger partial charge in [-0.15, -0.1) is 0 Å². The highest BCUT2D eigenvalue weighted by molar-refractivity contribution is 5.66. The summed E-state index contributed by atoms with van der Waals surface area (Å²) in [6, 6.07) is 1.41. The van der Waals surface area contributed by atoms with Crippen molar-refractivity contribution in [1.82, 2.24) is 9.47 Å². The number of carboxylic acid groups (broad SMARTS) is 1. The fourth-order valence-electron chi connectivity index (χ4n) is 1.94. The molecule has 6 heteroatoms. The monoisotopic (exact) mass is 282 g/mol. The van der Waals surface area contributed by atoms with E-state index in [1.54, 1.807) is 7.05 Å². The van der Waals surface area contributed by atoms with E-state index in [9.17, 15) is 14.7 Å². The normalized spacial score (nSPS) is 11.2. The molecule has 0 aromatic carbocycles. The molecule has 0 fully saturated rings. The minimum absolute atomic E-state index is 0.0585. The molecule has 0 aliphatic heterocycles. The second-order valence-electron chi connectivity index (χ2n) is 5.44. The number of aromatic hydroxyl groups is 1. The van der Waals surface area contributed by atoms with Crippen molar-refractivity contribution in [2.24, 2.45) is 5.92 Å². The molecule has 1 aromatic rings. The highest BCUT2D eigenvalue weighted by Gasteiger charge is 2.10. The predicted molar refractivity (Wildman–Crippen MR) is 75.8 cm³/mol. The van der Waals surface area contributed by atoms with Gasteiger partial charge in [-0.3, -0.25) is 9.59 Å². The van der Waals surface area contributed by atoms with Gasteiger partial charge in [0.05, 0.1) is 12.6 Å². The topological polar surface area (TPSA) is 82.8 Å². The smallest absolute Gasteiger partial charge is 0.304 e. The molecule has 0 atom stereocenters. The molecule has 1 aromatic heterocycles. The van der Waals surface area contributed by atoms with Crippen molar-refractivity contribution in [3.05, 3.63) is 28.2 Å². The van der Waals surface area contributed by atoms with Crippen LogP contribution in [-0.2, 0) is 17.9 Å². The van der Waals surface area contributed by atoms with Crippen molar-refractivity contribution in [1.29, 1.82) is 0 Å². The second-order valence-corrected chi connectivity index (χ2v) is 5.44. The molecule has 1 heterocycles. The number of carboxylic acids is 1. The first kappa shape index (κ1) is 16.2. The number of carbonyl (C=O) groups is 1. The van der Waals surface area contributed by atoms with Gasteiger partial charge in [-0.05, 0) is 13.0 Å². The van der Waals surface area contributed by atoms with Crippen LogP contribution < -0.4 is 5.43 Å². The highest BCUT2D eigenvalue weighted by atomic mass is 16.4. The quantitative estimate of drug-likeness (QED) is 0.783. The zero-order valence-corrected chi connectivity index (χ0v) is 12.2. The van der Waals surface area contributed by atoms with Crippen LogP contribution in [0.3, 0.4) is 0 Å². The lowest BCUT2D eigenvalue weighted by Gasteiger charge is -2.21. The van der Waals surface area contributed by atoms with E-state index in [2.05, 4.69) is 0 Å². The summed E-state index contributed by atoms with van der Waals surface area (Å²) in [6.07, 6.45) is 1.51. The van der Waals surface area contributed by atoms with E-state index in [1.165, 1.54) is 12.3 Å². The Bertz CT molecular complexity index is 522. The van der Waals surface area contributed by atoms with E-state index in [1.807, 2.05) is 23.3 Å². The first-order chi connectivity index (χ1) is 9.29. The van der Waals surface area contributed by atoms with E-state index in [0.717, 1.165) is 5.69 Å². The van der Waals surface area contributed by atoms with Crippen molar-refractivity contribution >= 4 is 5.97 Å². The molecule has 0 saturated heterocycles. The second kappa shape index (κ2) is 7.09. The van der Waals surface area contributed by atoms with Crippen molar-refractivity contribution in [3.8, 4) is 5.75 Å². The summed E-state index contributed by atoms with van der Waals surface area (Å²) in [6.45, 7) is 5.66. The van der Waals surface area contributed by atoms with Gasteiger partial charge in [-0.2, -0.15) is 0 Å². The standard InChI is InChI=1S/C14H22N2O4/c1-10(2)7-16-9-13(18)12(17)6-11(16)8-15(3)5-4-14(19)20/h6,9-10,18H,4-5,7-8H2,1-3H3,(H,19,20). The number of pyridine rings is 1. The van der Waals surface area contributed by atoms with Gasteiger partial charge in [0.25, 0.3) is 0 Å². The Kier molecular flexibility index (Phi) is 5.76. The number of aromatic nitrogens is 1. The van der Waals surface area contributed by atoms with E-state index in [0.29, 0.717) is 25.6 Å². The summed E-state index contributed by atoms with van der Waals surface area (Å²) in [7, 11) is 1.81. The molecular weight excluding hydrogens is 260 g/mol. The van der Waals surface area contributed by atoms with Gasteiger partial charge in [0.1, 0.15) is 0 Å². The summed E-state index contributed by atoms with van der Waals surface area (Å²) in [4.78, 5) is 23.9. The zero-order valence-electron chi connectivity index (χ0n) is 12.2. The van der Waals surface area contributed by atoms with Gasteiger partial charge in [-0.25, -0.2) is 0 Å². The third-order valence-electron chi connectivity index (χ3n) is 2.90. The molecule has 2 N–H and O–H groups in total. The maximum atomic E-state index is 11.5. The molecule has 0 spiro atoms. The van der Waals surface area contributed by atoms with Crippen LogP contribution in [0.4, 0.5) is 0 Å². The SMILES string of the molecule is CC(C)Cn1cc(O)c(=O)cc1CN(C)CCC(=O)O. The van der Waals surface area contributed by atoms with E-state index in [-0.39, 0.29) is 12.2 Å². The summed E-state index contributed by atoms with van der Waals surface area (Å²) in [5.41, 5.74) is 0.362. The number of nitrogens with zero attached hydrogens (tertiary/aromatic N) is 2. The van der Waals surface area contributed by atoms with Crippen LogP contribution in [-0.4, -0.2) is 39.2 Å². The molecule has 1 rings (SSSR count). The maximum Gasteiger partial charge on any atom is 0.304 e. The minimum atomic E-state index is -0.845. The van der Waals surface area contributed by atoms with Crippen LogP contribution in [0.2, 0.25) is 0 Å². The van der Waals surface area contributed by atoms with Crippen molar-refractivity contribution < 1.29 is 15.0 Å². The summed E-state index contributed by atoms with van der Waals surface area (Å²) in [5.74, 6) is -0.732. The Labute approximate surface area is 118 Å². The zero-order chi connectivity index (χ0) is 15.3. The number of hydrogen-bond donors (Lipinski definition) is 2. The Morgan fingerprint density at radius 2 is 2.10 bits per heavy atom. The number of hydrogen-bond acceptors (Lipinski definition) is 4. The highest BCUT2D eigenvalue weighted by Crippen LogP contribution is 2.10. The molecule has 0 bridgehead atoms. The van der Waals surface area contributed by atoms with Gasteiger partial charge in [-0.1, -0.05) is 13.8 Å². The van der Waals surface area contributed by atoms with Gasteiger partial charge in [0.2, 0.25) is 5.43 Å². The first-order valence-electron chi connectivity index (χ1n) is 6.62. The maximum absolute atomic E-state index is 11.5. The fourth-order valence-corrected chi connectivity index (χ4v) is 1.94. The average molecular weight is 282 g/mol. The number of aliphatic carboxylic acids is 1. The average Bonchev–Trinajstić information content (AvgIpc) is 2.32. The summed E-state index contributed by atoms with van der Waals surface area (Å²) < 4.78 is 1.85. The molecule has 0 amide bonds. The van der Waals surface area contributed by atoms with E-state index < -0.39 is 11.4 Å². The lowest BCUT2D eigenvalue weighted by atomic mass is 10.2. The molecule has 0 radical (unpaired) electrons. The lowest BCUT2D eigenvalue weighted by Crippen LogP contribution is -2.25. The van der Waals surface area contributed by atoms with E-state index in [4.69, 9.17) is 5.11 Å². The molecule has 112 valence electrons. The van der Waals surface area contributed by atoms with Gasteiger partial charge in [0.15, 0.2) is 5.75 Å². The van der Waals surface area contributed by atoms with E-state index >= 15 is 0 Å². The van der Waals surface area contributed by atoms with Gasteiger partial charge < -0.3 is 19.7 Å². The predicted octanol–water partition coefficient (Wildman–Crippen LogP) is 1.12. The summed E-state index contributed by atoms with van der Waals surface area (Å²) >= 11 is 0. The van der Waals surface area contributed by atoms with Crippen molar-refractivity contribution in [2.45, 2.75) is 33.4 Å². The summed E-state index contributed by atoms with van der Waals surface area (Å²) in [5, 5.41) is 18.2. The molecule has 0 aliphatic carbocycles. The minimum Gasteiger partial charge on any atom is -0.503 e. The molecule has 0 saturated carbocycles. The van der Waals surface area contributed by atoms with Crippen LogP contribution in [0, 0.1) is 5.92 Å². The Morgan fingerprint density at radius 3 is 2.65 bits per heavy atom. The molecular formula is C14H22N2O4. The van der Waals surface area contributed by atoms with Gasteiger partial charge >= 0.3 is 5.97 Å². The molecule has 0 aliphatic rings. The first-order valence-corrected chi connectivity index (χ1v) is 6.62. The van der Waals surface area contributed by atoms with Crippen molar-refractivity contribution in [3.63, 3.8) is 0 Å². The van der Waals surface area contributed by atoms with Crippen LogP contribution in [0.1, 0.15) is 26.0 Å². The Hall–Kier alpha value is -1.82. The molecule has 6 nitrogen and oxygen atoms in total. The fraction of sp³-hybridized carbons (Fsp3) is 0.571. The van der Waals surface area contributed by atoms with Crippen molar-refractivity contribution in [2.75, 3.05) is 13.6 Å². The van der Waals surface area contributed by atoms with Crippen LogP contribution in [0.15, 0.2) is 17.1 Å². The van der Waals surface area contributed by atoms with Crippen LogP contribution in [0.5, 0.6) is 5.75 Å². The lowest BCUT2D eigenvalue weighted by molar-refractivity contribution is -0.137. The van der Waals surface area contributed by atoms with Gasteiger partial charge in [0, 0.05) is 31.4 Å². The molecule has 20 heavy (non-hydrogen) atoms. The third kappa shape index (κ3) is 5.05. The molecule has 0 unspecified atom stereocenters. The largest absolute Gasteiger partial charge is 0.503 e. The Morgan fingerprint density at radius 1 is 1.45 bits per heavy atom. The Balaban J connectivity index is 2.89. The van der Waals surface area contributed by atoms with Crippen LogP contribution >= 0.6 is 0 Å². The third-order valence-corrected chi connectivity index (χ3v) is 2.90. The van der Waals surface area contributed by atoms with Crippen LogP contribution in [0.25, 0.3) is 0 Å². The number of rotatable bonds is 7.